The van der Waals surface area contributed by atoms with E-state index in [0.717, 1.165) is 12.8 Å². The van der Waals surface area contributed by atoms with Crippen LogP contribution < -0.4 is 10.6 Å². The van der Waals surface area contributed by atoms with Gasteiger partial charge in [0.2, 0.25) is 5.60 Å². The topological polar surface area (TPSA) is 83.7 Å². The Morgan fingerprint density at radius 1 is 1.43 bits per heavy atom. The average Bonchev–Trinajstić information content (AvgIpc) is 3.20. The smallest absolute Gasteiger partial charge is 0.374 e. The normalized spacial score (nSPS) is 22.5. The number of aromatic nitrogens is 2. The quantitative estimate of drug-likeness (QED) is 0.293. The fourth-order valence-corrected chi connectivity index (χ4v) is 3.06. The second-order valence-electron chi connectivity index (χ2n) is 6.99. The highest BCUT2D eigenvalue weighted by molar-refractivity contribution is 14.0. The summed E-state index contributed by atoms with van der Waals surface area (Å²) in [6.45, 7) is 5.36. The predicted octanol–water partition coefficient (Wildman–Crippen LogP) is 2.30. The molecule has 162 valence electrons. The molecule has 1 fully saturated rings. The number of alkyl halides is 3. The molecule has 1 aliphatic heterocycles. The Balaban J connectivity index is 0.00000392. The van der Waals surface area contributed by atoms with Gasteiger partial charge in [0, 0.05) is 45.6 Å². The number of hydrogen-bond acceptors (Lipinski definition) is 4. The molecule has 0 aromatic carbocycles. The van der Waals surface area contributed by atoms with Gasteiger partial charge in [-0.2, -0.15) is 13.2 Å². The van der Waals surface area contributed by atoms with E-state index in [4.69, 9.17) is 4.74 Å². The molecule has 2 rings (SSSR count). The number of halogens is 4. The Morgan fingerprint density at radius 3 is 2.64 bits per heavy atom. The molecule has 2 unspecified atom stereocenters. The molecular weight excluding hydrogens is 490 g/mol. The Kier molecular flexibility index (Phi) is 9.00. The molecule has 1 aliphatic rings. The standard InChI is InChI=1S/C17H28F3N5O2.HI/c1-4-21-14(24-12-15(2)6-5-11-27-15)23-8-7-16(26,17(18,19)20)13-22-9-10-25(13)3;/h9-10,26H,4-8,11-12H2,1-3H3,(H2,21,23,24);1H. The zero-order valence-electron chi connectivity index (χ0n) is 16.3. The Bertz CT molecular complexity index is 647. The van der Waals surface area contributed by atoms with E-state index in [-0.39, 0.29) is 36.1 Å². The molecule has 7 nitrogen and oxygen atoms in total. The molecule has 1 aromatic heterocycles. The number of hydrogen-bond donors (Lipinski definition) is 3. The van der Waals surface area contributed by atoms with E-state index >= 15 is 0 Å². The molecular formula is C17H29F3IN5O2. The van der Waals surface area contributed by atoms with Crippen LogP contribution in [-0.2, 0) is 17.4 Å². The largest absolute Gasteiger partial charge is 0.424 e. The first-order valence-electron chi connectivity index (χ1n) is 9.04. The van der Waals surface area contributed by atoms with Crippen LogP contribution in [0.3, 0.4) is 0 Å². The second kappa shape index (κ2) is 10.1. The van der Waals surface area contributed by atoms with Crippen LogP contribution in [0.1, 0.15) is 38.9 Å². The highest BCUT2D eigenvalue weighted by Gasteiger charge is 2.57. The fraction of sp³-hybridized carbons (Fsp3) is 0.765. The summed E-state index contributed by atoms with van der Waals surface area (Å²) in [5, 5.41) is 16.2. The molecule has 0 aliphatic carbocycles. The molecule has 0 saturated carbocycles. The van der Waals surface area contributed by atoms with Gasteiger partial charge < -0.3 is 25.0 Å². The van der Waals surface area contributed by atoms with E-state index in [9.17, 15) is 18.3 Å². The Labute approximate surface area is 180 Å². The average molecular weight is 519 g/mol. The third-order valence-corrected chi connectivity index (χ3v) is 4.66. The first-order valence-corrected chi connectivity index (χ1v) is 9.04. The van der Waals surface area contributed by atoms with Crippen molar-refractivity contribution in [3.05, 3.63) is 18.2 Å². The van der Waals surface area contributed by atoms with Gasteiger partial charge in [-0.05, 0) is 26.7 Å². The van der Waals surface area contributed by atoms with Crippen molar-refractivity contribution < 1.29 is 23.0 Å². The number of aryl methyl sites for hydroxylation is 1. The van der Waals surface area contributed by atoms with Gasteiger partial charge in [-0.1, -0.05) is 0 Å². The van der Waals surface area contributed by atoms with E-state index in [0.29, 0.717) is 25.7 Å². The minimum absolute atomic E-state index is 0. The van der Waals surface area contributed by atoms with Crippen molar-refractivity contribution in [1.82, 2.24) is 20.2 Å². The summed E-state index contributed by atoms with van der Waals surface area (Å²) in [4.78, 5) is 8.10. The molecule has 0 radical (unpaired) electrons. The number of nitrogens with zero attached hydrogens (tertiary/aromatic N) is 3. The van der Waals surface area contributed by atoms with Crippen LogP contribution in [-0.4, -0.2) is 58.6 Å². The van der Waals surface area contributed by atoms with Gasteiger partial charge in [0.25, 0.3) is 0 Å². The lowest BCUT2D eigenvalue weighted by atomic mass is 9.97. The molecule has 0 bridgehead atoms. The molecule has 2 heterocycles. The third kappa shape index (κ3) is 5.96. The summed E-state index contributed by atoms with van der Waals surface area (Å²) >= 11 is 0. The minimum Gasteiger partial charge on any atom is -0.374 e. The van der Waals surface area contributed by atoms with Crippen molar-refractivity contribution >= 4 is 29.9 Å². The fourth-order valence-electron chi connectivity index (χ4n) is 3.06. The number of imidazole rings is 1. The zero-order chi connectivity index (χ0) is 20.1. The van der Waals surface area contributed by atoms with E-state index in [2.05, 4.69) is 20.6 Å². The van der Waals surface area contributed by atoms with Gasteiger partial charge in [-0.25, -0.2) is 4.98 Å². The van der Waals surface area contributed by atoms with Gasteiger partial charge in [0.1, 0.15) is 5.82 Å². The molecule has 11 heteroatoms. The zero-order valence-corrected chi connectivity index (χ0v) is 18.7. The van der Waals surface area contributed by atoms with Gasteiger partial charge >= 0.3 is 6.18 Å². The number of rotatable bonds is 7. The maximum atomic E-state index is 13.5. The van der Waals surface area contributed by atoms with Crippen molar-refractivity contribution in [3.63, 3.8) is 0 Å². The number of nitrogens with one attached hydrogen (secondary N) is 2. The van der Waals surface area contributed by atoms with Crippen molar-refractivity contribution in [1.29, 1.82) is 0 Å². The first kappa shape index (κ1) is 25.0. The van der Waals surface area contributed by atoms with Crippen LogP contribution in [0, 0.1) is 0 Å². The van der Waals surface area contributed by atoms with Crippen molar-refractivity contribution in [2.45, 2.75) is 50.5 Å². The SMILES string of the molecule is CCNC(=NCC1(C)CCCO1)NCCC(O)(c1nccn1C)C(F)(F)F.I. The van der Waals surface area contributed by atoms with Gasteiger partial charge in [0.15, 0.2) is 5.96 Å². The van der Waals surface area contributed by atoms with E-state index in [1.165, 1.54) is 24.0 Å². The lowest BCUT2D eigenvalue weighted by molar-refractivity contribution is -0.272. The molecule has 2 atom stereocenters. The summed E-state index contributed by atoms with van der Waals surface area (Å²) in [6.07, 6.45) is -0.990. The Morgan fingerprint density at radius 2 is 2.14 bits per heavy atom. The van der Waals surface area contributed by atoms with E-state index in [1.807, 2.05) is 13.8 Å². The summed E-state index contributed by atoms with van der Waals surface area (Å²) < 4.78 is 47.4. The van der Waals surface area contributed by atoms with Crippen LogP contribution in [0.2, 0.25) is 0 Å². The molecule has 0 spiro atoms. The maximum absolute atomic E-state index is 13.5. The number of ether oxygens (including phenoxy) is 1. The van der Waals surface area contributed by atoms with Crippen LogP contribution in [0.4, 0.5) is 13.2 Å². The van der Waals surface area contributed by atoms with Gasteiger partial charge in [-0.15, -0.1) is 24.0 Å². The second-order valence-corrected chi connectivity index (χ2v) is 6.99. The maximum Gasteiger partial charge on any atom is 0.424 e. The highest BCUT2D eigenvalue weighted by Crippen LogP contribution is 2.40. The van der Waals surface area contributed by atoms with E-state index in [1.54, 1.807) is 0 Å². The minimum atomic E-state index is -4.85. The van der Waals surface area contributed by atoms with Gasteiger partial charge in [-0.3, -0.25) is 4.99 Å². The molecule has 0 amide bonds. The van der Waals surface area contributed by atoms with Crippen LogP contribution >= 0.6 is 24.0 Å². The summed E-state index contributed by atoms with van der Waals surface area (Å²) in [7, 11) is 1.42. The molecule has 28 heavy (non-hydrogen) atoms. The van der Waals surface area contributed by atoms with Crippen LogP contribution in [0.15, 0.2) is 17.4 Å². The lowest BCUT2D eigenvalue weighted by Crippen LogP contribution is -2.48. The summed E-state index contributed by atoms with van der Waals surface area (Å²) in [6, 6.07) is 0. The monoisotopic (exact) mass is 519 g/mol. The molecule has 3 N–H and O–H groups in total. The number of aliphatic hydroxyl groups is 1. The lowest BCUT2D eigenvalue weighted by Gasteiger charge is -2.30. The summed E-state index contributed by atoms with van der Waals surface area (Å²) in [5.41, 5.74) is -3.39. The third-order valence-electron chi connectivity index (χ3n) is 4.66. The van der Waals surface area contributed by atoms with Gasteiger partial charge in [0.05, 0.1) is 12.1 Å². The first-order chi connectivity index (χ1) is 12.6. The van der Waals surface area contributed by atoms with Crippen LogP contribution in [0.25, 0.3) is 0 Å². The number of guanidine groups is 1. The van der Waals surface area contributed by atoms with Crippen LogP contribution in [0.5, 0.6) is 0 Å². The van der Waals surface area contributed by atoms with Crippen molar-refractivity contribution in [3.8, 4) is 0 Å². The predicted molar refractivity (Wildman–Crippen MR) is 111 cm³/mol. The van der Waals surface area contributed by atoms with Crippen molar-refractivity contribution in [2.24, 2.45) is 12.0 Å². The molecule has 1 saturated heterocycles. The Hall–Kier alpha value is -1.08. The van der Waals surface area contributed by atoms with E-state index < -0.39 is 24.0 Å². The highest BCUT2D eigenvalue weighted by atomic mass is 127. The number of aliphatic imine (C=N–C) groups is 1. The van der Waals surface area contributed by atoms with Crippen molar-refractivity contribution in [2.75, 3.05) is 26.2 Å². The summed E-state index contributed by atoms with van der Waals surface area (Å²) in [5.74, 6) is -0.0517. The molecule has 1 aromatic rings.